The summed E-state index contributed by atoms with van der Waals surface area (Å²) in [5.41, 5.74) is 0.805. The molecule has 1 saturated heterocycles. The number of benzene rings is 1. The van der Waals surface area contributed by atoms with Crippen LogP contribution < -0.4 is 0 Å². The lowest BCUT2D eigenvalue weighted by molar-refractivity contribution is -0.00257. The van der Waals surface area contributed by atoms with Crippen LogP contribution in [0.4, 0.5) is 13.2 Å². The Hall–Kier alpha value is -1.45. The van der Waals surface area contributed by atoms with Gasteiger partial charge in [0.1, 0.15) is 11.9 Å². The van der Waals surface area contributed by atoms with Crippen molar-refractivity contribution in [3.8, 4) is 0 Å². The summed E-state index contributed by atoms with van der Waals surface area (Å²) in [6.07, 6.45) is -1.67. The van der Waals surface area contributed by atoms with Crippen molar-refractivity contribution in [3.63, 3.8) is 0 Å². The minimum absolute atomic E-state index is 0.0886. The maximum Gasteiger partial charge on any atom is 0.263 e. The summed E-state index contributed by atoms with van der Waals surface area (Å²) in [5.74, 6) is -1.01. The number of sulfone groups is 1. The molecule has 1 aliphatic rings. The smallest absolute Gasteiger partial charge is 0.263 e. The van der Waals surface area contributed by atoms with Crippen molar-refractivity contribution < 1.29 is 26.3 Å². The predicted molar refractivity (Wildman–Crippen MR) is 102 cm³/mol. The van der Waals surface area contributed by atoms with E-state index in [0.29, 0.717) is 11.8 Å². The summed E-state index contributed by atoms with van der Waals surface area (Å²) in [5, 5.41) is 0. The van der Waals surface area contributed by atoms with E-state index in [4.69, 9.17) is 4.74 Å². The van der Waals surface area contributed by atoms with Gasteiger partial charge < -0.3 is 4.74 Å². The van der Waals surface area contributed by atoms with Crippen LogP contribution in [-0.4, -0.2) is 24.8 Å². The zero-order chi connectivity index (χ0) is 20.7. The minimum atomic E-state index is -4.09. The highest BCUT2D eigenvalue weighted by Gasteiger charge is 2.46. The van der Waals surface area contributed by atoms with E-state index in [1.165, 1.54) is 0 Å². The largest absolute Gasteiger partial charge is 0.372 e. The third kappa shape index (κ3) is 3.97. The maximum absolute atomic E-state index is 13.8. The number of hydrogen-bond donors (Lipinski definition) is 0. The molecule has 0 saturated carbocycles. The second-order valence-corrected chi connectivity index (χ2v) is 10.5. The van der Waals surface area contributed by atoms with Crippen LogP contribution in [0.3, 0.4) is 0 Å². The fourth-order valence-electron chi connectivity index (χ4n) is 3.43. The van der Waals surface area contributed by atoms with E-state index < -0.39 is 43.4 Å². The molecule has 3 rings (SSSR count). The average molecular weight is 478 g/mol. The molecular formula is C19H19BrF3NO3S. The molecule has 152 valence electrons. The van der Waals surface area contributed by atoms with Crippen molar-refractivity contribution in [3.05, 3.63) is 57.6 Å². The third-order valence-electron chi connectivity index (χ3n) is 5.06. The Morgan fingerprint density at radius 2 is 2.00 bits per heavy atom. The maximum atomic E-state index is 13.8. The lowest BCUT2D eigenvalue weighted by Gasteiger charge is -2.37. The van der Waals surface area contributed by atoms with Gasteiger partial charge in [0.2, 0.25) is 0 Å². The van der Waals surface area contributed by atoms with Gasteiger partial charge >= 0.3 is 0 Å². The number of hydrogen-bond acceptors (Lipinski definition) is 4. The van der Waals surface area contributed by atoms with Gasteiger partial charge in [0.25, 0.3) is 6.43 Å². The molecule has 28 heavy (non-hydrogen) atoms. The van der Waals surface area contributed by atoms with Crippen molar-refractivity contribution >= 4 is 25.8 Å². The zero-order valence-corrected chi connectivity index (χ0v) is 17.7. The molecule has 0 aliphatic carbocycles. The average Bonchev–Trinajstić information content (AvgIpc) is 2.61. The Balaban J connectivity index is 1.99. The summed E-state index contributed by atoms with van der Waals surface area (Å²) in [7, 11) is -4.09. The first-order chi connectivity index (χ1) is 13.0. The first kappa shape index (κ1) is 21.3. The third-order valence-corrected chi connectivity index (χ3v) is 8.02. The molecule has 2 atom stereocenters. The Kier molecular flexibility index (Phi) is 5.89. The molecule has 0 bridgehead atoms. The van der Waals surface area contributed by atoms with Gasteiger partial charge in [0, 0.05) is 22.8 Å². The fourth-order valence-corrected chi connectivity index (χ4v) is 5.72. The van der Waals surface area contributed by atoms with Crippen molar-refractivity contribution in [2.45, 2.75) is 48.9 Å². The topological polar surface area (TPSA) is 56.3 Å². The molecule has 1 aliphatic heterocycles. The van der Waals surface area contributed by atoms with Gasteiger partial charge in [-0.05, 0) is 72.4 Å². The molecule has 9 heteroatoms. The number of alkyl halides is 2. The van der Waals surface area contributed by atoms with Gasteiger partial charge in [0.15, 0.2) is 9.84 Å². The van der Waals surface area contributed by atoms with Crippen LogP contribution >= 0.6 is 15.9 Å². The molecular weight excluding hydrogens is 459 g/mol. The van der Waals surface area contributed by atoms with Crippen LogP contribution in [0.1, 0.15) is 49.1 Å². The first-order valence-corrected chi connectivity index (χ1v) is 10.9. The quantitative estimate of drug-likeness (QED) is 0.598. The Labute approximate surface area is 170 Å². The van der Waals surface area contributed by atoms with Crippen LogP contribution in [-0.2, 0) is 14.6 Å². The van der Waals surface area contributed by atoms with Crippen molar-refractivity contribution in [2.24, 2.45) is 0 Å². The number of nitrogens with zero attached hydrogens (tertiary/aromatic N) is 1. The number of rotatable bonds is 4. The Bertz CT molecular complexity index is 1000. The van der Waals surface area contributed by atoms with E-state index in [0.717, 1.165) is 22.2 Å². The fraction of sp³-hybridized carbons (Fsp3) is 0.421. The van der Waals surface area contributed by atoms with Crippen molar-refractivity contribution in [2.75, 3.05) is 6.61 Å². The van der Waals surface area contributed by atoms with E-state index in [1.54, 1.807) is 13.1 Å². The van der Waals surface area contributed by atoms with Gasteiger partial charge in [-0.25, -0.2) is 21.6 Å². The molecule has 2 heterocycles. The second kappa shape index (κ2) is 7.76. The molecule has 1 aromatic carbocycles. The van der Waals surface area contributed by atoms with Crippen LogP contribution in [0.2, 0.25) is 0 Å². The van der Waals surface area contributed by atoms with Gasteiger partial charge in [-0.15, -0.1) is 0 Å². The van der Waals surface area contributed by atoms with Crippen molar-refractivity contribution in [1.82, 2.24) is 4.98 Å². The molecule has 4 nitrogen and oxygen atoms in total. The van der Waals surface area contributed by atoms with E-state index in [2.05, 4.69) is 20.9 Å². The van der Waals surface area contributed by atoms with Crippen LogP contribution in [0, 0.1) is 12.7 Å². The SMILES string of the molecule is Cc1cc(Br)cnc1C1CC(C)(S(=O)(=O)c2cc(F)cc(C(F)F)c2)CCO1. The van der Waals surface area contributed by atoms with Gasteiger partial charge in [-0.1, -0.05) is 0 Å². The highest BCUT2D eigenvalue weighted by molar-refractivity contribution is 9.10. The molecule has 0 amide bonds. The standard InChI is InChI=1S/C19H19BrF3NO3S/c1-11-5-13(20)10-24-17(11)16-9-19(2,3-4-27-16)28(25,26)15-7-12(18(22)23)6-14(21)8-15/h5-8,10,16,18H,3-4,9H2,1-2H3. The minimum Gasteiger partial charge on any atom is -0.372 e. The van der Waals surface area contributed by atoms with E-state index in [1.807, 2.05) is 13.0 Å². The Morgan fingerprint density at radius 3 is 2.64 bits per heavy atom. The van der Waals surface area contributed by atoms with Gasteiger partial charge in [-0.3, -0.25) is 4.98 Å². The molecule has 0 spiro atoms. The number of ether oxygens (including phenoxy) is 1. The van der Waals surface area contributed by atoms with Crippen LogP contribution in [0.25, 0.3) is 0 Å². The number of pyridine rings is 1. The lowest BCUT2D eigenvalue weighted by Crippen LogP contribution is -2.42. The molecule has 1 fully saturated rings. The van der Waals surface area contributed by atoms with Crippen molar-refractivity contribution in [1.29, 1.82) is 0 Å². The van der Waals surface area contributed by atoms with E-state index in [9.17, 15) is 21.6 Å². The number of halogens is 4. The molecule has 2 aromatic rings. The molecule has 2 unspecified atom stereocenters. The second-order valence-electron chi connectivity index (χ2n) is 7.14. The van der Waals surface area contributed by atoms with E-state index in [-0.39, 0.29) is 19.4 Å². The number of aryl methyl sites for hydroxylation is 1. The molecule has 1 aromatic heterocycles. The lowest BCUT2D eigenvalue weighted by atomic mass is 9.93. The first-order valence-electron chi connectivity index (χ1n) is 8.60. The van der Waals surface area contributed by atoms with Crippen LogP contribution in [0.5, 0.6) is 0 Å². The normalized spacial score (nSPS) is 23.2. The molecule has 0 radical (unpaired) electrons. The Morgan fingerprint density at radius 1 is 1.29 bits per heavy atom. The van der Waals surface area contributed by atoms with Gasteiger partial charge in [0.05, 0.1) is 15.3 Å². The summed E-state index contributed by atoms with van der Waals surface area (Å²) in [4.78, 5) is 3.91. The summed E-state index contributed by atoms with van der Waals surface area (Å²) >= 11 is 3.33. The highest BCUT2D eigenvalue weighted by Crippen LogP contribution is 2.42. The summed E-state index contributed by atoms with van der Waals surface area (Å²) in [6.45, 7) is 3.55. The monoisotopic (exact) mass is 477 g/mol. The zero-order valence-electron chi connectivity index (χ0n) is 15.3. The highest BCUT2D eigenvalue weighted by atomic mass is 79.9. The predicted octanol–water partition coefficient (Wildman–Crippen LogP) is 5.31. The summed E-state index contributed by atoms with van der Waals surface area (Å²) in [6, 6.07) is 4.14. The summed E-state index contributed by atoms with van der Waals surface area (Å²) < 4.78 is 71.6. The van der Waals surface area contributed by atoms with E-state index >= 15 is 0 Å². The number of aromatic nitrogens is 1. The van der Waals surface area contributed by atoms with Gasteiger partial charge in [-0.2, -0.15) is 0 Å². The molecule has 0 N–H and O–H groups in total. The van der Waals surface area contributed by atoms with Crippen LogP contribution in [0.15, 0.2) is 39.8 Å².